The van der Waals surface area contributed by atoms with Gasteiger partial charge in [-0.05, 0) is 12.1 Å². The molecule has 1 aromatic rings. The molecule has 1 rings (SSSR count). The fraction of sp³-hybridized carbons (Fsp3) is 0.143. The zero-order valence-corrected chi connectivity index (χ0v) is 10.5. The fourth-order valence-corrected chi connectivity index (χ4v) is 1.64. The molecule has 1 atom stereocenters. The average Bonchev–Trinajstić information content (AvgIpc) is 1.97. The van der Waals surface area contributed by atoms with Crippen molar-refractivity contribution in [2.24, 2.45) is 0 Å². The zero-order valence-electron chi connectivity index (χ0n) is 6.96. The summed E-state index contributed by atoms with van der Waals surface area (Å²) in [4.78, 5) is 0. The van der Waals surface area contributed by atoms with Gasteiger partial charge in [-0.25, -0.2) is 8.60 Å². The second-order valence-electron chi connectivity index (χ2n) is 2.17. The molecule has 0 amide bonds. The maximum Gasteiger partial charge on any atom is 0.157 e. The Balaban J connectivity index is 0.00000144. The van der Waals surface area contributed by atoms with E-state index in [0.717, 1.165) is 0 Å². The van der Waals surface area contributed by atoms with Gasteiger partial charge in [-0.3, -0.25) is 0 Å². The first-order valence-corrected chi connectivity index (χ1v) is 4.77. The van der Waals surface area contributed by atoms with E-state index in [1.165, 1.54) is 18.2 Å². The van der Waals surface area contributed by atoms with Crippen LogP contribution in [0.25, 0.3) is 0 Å². The van der Waals surface area contributed by atoms with Crippen LogP contribution in [0.3, 0.4) is 0 Å². The Kier molecular flexibility index (Phi) is 6.37. The molecule has 0 saturated carbocycles. The molecule has 67 valence electrons. The predicted molar refractivity (Wildman–Crippen MR) is 51.6 cm³/mol. The van der Waals surface area contributed by atoms with Crippen molar-refractivity contribution in [3.8, 4) is 0 Å². The molecule has 0 bridgehead atoms. The first kappa shape index (κ1) is 13.5. The normalized spacial score (nSPS) is 11.9. The third-order valence-corrected chi connectivity index (χ3v) is 2.22. The van der Waals surface area contributed by atoms with E-state index < -0.39 is 16.9 Å². The zero-order chi connectivity index (χ0) is 9.14. The molecular weight excluding hydrogens is 226 g/mol. The maximum atomic E-state index is 12.9. The molecule has 6 heteroatoms. The van der Waals surface area contributed by atoms with Crippen molar-refractivity contribution in [1.82, 2.24) is 0 Å². The summed E-state index contributed by atoms with van der Waals surface area (Å²) in [6.07, 6.45) is 0. The summed E-state index contributed by atoms with van der Waals surface area (Å²) in [6.45, 7) is 0. The molecule has 1 unspecified atom stereocenters. The Morgan fingerprint density at radius 1 is 1.54 bits per heavy atom. The molecule has 1 aromatic carbocycles. The molecule has 13 heavy (non-hydrogen) atoms. The van der Waals surface area contributed by atoms with Crippen molar-refractivity contribution in [3.05, 3.63) is 34.6 Å². The van der Waals surface area contributed by atoms with Crippen molar-refractivity contribution < 1.29 is 13.2 Å². The quantitative estimate of drug-likeness (QED) is 0.623. The van der Waals surface area contributed by atoms with Gasteiger partial charge < -0.3 is 4.55 Å². The van der Waals surface area contributed by atoms with E-state index in [0.29, 0.717) is 0 Å². The summed E-state index contributed by atoms with van der Waals surface area (Å²) in [7, 11) is 0. The minimum Gasteiger partial charge on any atom is -0.306 e. The van der Waals surface area contributed by atoms with Gasteiger partial charge in [0.25, 0.3) is 0 Å². The van der Waals surface area contributed by atoms with Crippen molar-refractivity contribution in [3.63, 3.8) is 0 Å². The predicted octanol–water partition coefficient (Wildman–Crippen LogP) is 1.82. The van der Waals surface area contributed by atoms with Crippen LogP contribution in [0, 0.1) is 5.82 Å². The molecule has 0 fully saturated rings. The second-order valence-corrected chi connectivity index (χ2v) is 3.50. The number of benzene rings is 1. The molecule has 0 heterocycles. The molecule has 0 aliphatic heterocycles. The SMILES string of the molecule is O=S(O)Cc1c(F)cccc1Cl.[Na]. The van der Waals surface area contributed by atoms with E-state index in [4.69, 9.17) is 16.2 Å². The minimum absolute atomic E-state index is 0. The Bertz CT molecular complexity index is 301. The maximum absolute atomic E-state index is 12.9. The van der Waals surface area contributed by atoms with Crippen LogP contribution in [0.1, 0.15) is 5.56 Å². The Morgan fingerprint density at radius 2 is 2.15 bits per heavy atom. The van der Waals surface area contributed by atoms with Crippen LogP contribution in [0.4, 0.5) is 4.39 Å². The van der Waals surface area contributed by atoms with Crippen molar-refractivity contribution >= 4 is 52.2 Å². The Morgan fingerprint density at radius 3 is 2.62 bits per heavy atom. The molecule has 1 radical (unpaired) electrons. The van der Waals surface area contributed by atoms with E-state index in [1.807, 2.05) is 0 Å². The van der Waals surface area contributed by atoms with Crippen LogP contribution in [0.5, 0.6) is 0 Å². The second kappa shape index (κ2) is 6.11. The first-order chi connectivity index (χ1) is 5.61. The van der Waals surface area contributed by atoms with Gasteiger partial charge in [0, 0.05) is 40.1 Å². The topological polar surface area (TPSA) is 37.3 Å². The summed E-state index contributed by atoms with van der Waals surface area (Å²) in [5.74, 6) is -0.823. The fourth-order valence-electron chi connectivity index (χ4n) is 0.794. The molecular formula is C7H6ClFNaO2S. The summed E-state index contributed by atoms with van der Waals surface area (Å²) < 4.78 is 31.7. The third kappa shape index (κ3) is 4.06. The van der Waals surface area contributed by atoms with Crippen LogP contribution < -0.4 is 0 Å². The average molecular weight is 232 g/mol. The number of halogens is 2. The van der Waals surface area contributed by atoms with Gasteiger partial charge in [-0.2, -0.15) is 0 Å². The van der Waals surface area contributed by atoms with Crippen LogP contribution >= 0.6 is 11.6 Å². The number of rotatable bonds is 2. The van der Waals surface area contributed by atoms with Gasteiger partial charge in [0.1, 0.15) is 5.82 Å². The van der Waals surface area contributed by atoms with Crippen LogP contribution in [-0.4, -0.2) is 38.3 Å². The van der Waals surface area contributed by atoms with E-state index in [-0.39, 0.29) is 45.9 Å². The minimum atomic E-state index is -2.06. The van der Waals surface area contributed by atoms with Crippen molar-refractivity contribution in [1.29, 1.82) is 0 Å². The van der Waals surface area contributed by atoms with E-state index in [9.17, 15) is 8.60 Å². The third-order valence-electron chi connectivity index (χ3n) is 1.33. The molecule has 0 aromatic heterocycles. The van der Waals surface area contributed by atoms with E-state index in [2.05, 4.69) is 0 Å². The first-order valence-electron chi connectivity index (χ1n) is 3.11. The summed E-state index contributed by atoms with van der Waals surface area (Å²) in [5, 5.41) is 0.178. The molecule has 0 spiro atoms. The van der Waals surface area contributed by atoms with E-state index in [1.54, 1.807) is 0 Å². The van der Waals surface area contributed by atoms with Gasteiger partial charge in [0.05, 0.1) is 5.75 Å². The molecule has 2 nitrogen and oxygen atoms in total. The van der Waals surface area contributed by atoms with Crippen LogP contribution in [0.2, 0.25) is 5.02 Å². The molecule has 0 aliphatic carbocycles. The van der Waals surface area contributed by atoms with E-state index >= 15 is 0 Å². The smallest absolute Gasteiger partial charge is 0.157 e. The molecule has 0 saturated heterocycles. The van der Waals surface area contributed by atoms with Gasteiger partial charge in [0.15, 0.2) is 11.1 Å². The van der Waals surface area contributed by atoms with Gasteiger partial charge in [-0.15, -0.1) is 0 Å². The summed E-state index contributed by atoms with van der Waals surface area (Å²) >= 11 is 3.53. The largest absolute Gasteiger partial charge is 0.306 e. The molecule has 0 aliphatic rings. The van der Waals surface area contributed by atoms with Crippen molar-refractivity contribution in [2.75, 3.05) is 0 Å². The number of hydrogen-bond acceptors (Lipinski definition) is 1. The van der Waals surface area contributed by atoms with Gasteiger partial charge in [-0.1, -0.05) is 17.7 Å². The van der Waals surface area contributed by atoms with Gasteiger partial charge >= 0.3 is 0 Å². The van der Waals surface area contributed by atoms with Crippen molar-refractivity contribution in [2.45, 2.75) is 5.75 Å². The number of hydrogen-bond donors (Lipinski definition) is 1. The Labute approximate surface area is 105 Å². The summed E-state index contributed by atoms with van der Waals surface area (Å²) in [5.41, 5.74) is 0.0833. The monoisotopic (exact) mass is 231 g/mol. The van der Waals surface area contributed by atoms with Gasteiger partial charge in [0.2, 0.25) is 0 Å². The molecule has 1 N–H and O–H groups in total. The van der Waals surface area contributed by atoms with Crippen LogP contribution in [-0.2, 0) is 16.8 Å². The standard InChI is InChI=1S/C7H6ClFO2S.Na/c8-6-2-1-3-7(9)5(6)4-12(10)11;/h1-3H,4H2,(H,10,11);. The van der Waals surface area contributed by atoms with Crippen LogP contribution in [0.15, 0.2) is 18.2 Å². The Hall–Kier alpha value is 0.550. The summed E-state index contributed by atoms with van der Waals surface area (Å²) in [6, 6.07) is 4.13.